The number of esters is 1. The molecule has 2 amide bonds. The van der Waals surface area contributed by atoms with Crippen molar-refractivity contribution in [3.8, 4) is 0 Å². The number of thioether (sulfide) groups is 1. The molecule has 0 aromatic carbocycles. The van der Waals surface area contributed by atoms with Gasteiger partial charge in [0.05, 0.1) is 17.2 Å². The number of hydrazine groups is 1. The van der Waals surface area contributed by atoms with Gasteiger partial charge in [0.15, 0.2) is 5.16 Å². The van der Waals surface area contributed by atoms with Crippen LogP contribution in [0.4, 0.5) is 5.82 Å². The molecule has 0 atom stereocenters. The van der Waals surface area contributed by atoms with Crippen molar-refractivity contribution in [2.75, 3.05) is 18.1 Å². The molecule has 4 N–H and O–H groups in total. The Morgan fingerprint density at radius 1 is 1.36 bits per heavy atom. The zero-order valence-corrected chi connectivity index (χ0v) is 14.8. The van der Waals surface area contributed by atoms with E-state index in [1.54, 1.807) is 24.4 Å². The van der Waals surface area contributed by atoms with E-state index in [9.17, 15) is 14.4 Å². The Balaban J connectivity index is 1.82. The van der Waals surface area contributed by atoms with E-state index in [0.717, 1.165) is 11.8 Å². The lowest BCUT2D eigenvalue weighted by molar-refractivity contribution is -0.119. The van der Waals surface area contributed by atoms with Crippen molar-refractivity contribution in [3.05, 3.63) is 34.2 Å². The van der Waals surface area contributed by atoms with Crippen LogP contribution in [0.25, 0.3) is 0 Å². The number of anilines is 1. The van der Waals surface area contributed by atoms with E-state index < -0.39 is 17.8 Å². The number of aromatic nitrogens is 2. The Labute approximate surface area is 151 Å². The molecule has 0 aliphatic heterocycles. The molecular formula is C14H15N5O4S2. The molecule has 0 fully saturated rings. The largest absolute Gasteiger partial charge is 0.462 e. The van der Waals surface area contributed by atoms with Gasteiger partial charge in [-0.25, -0.2) is 14.8 Å². The van der Waals surface area contributed by atoms with Gasteiger partial charge in [0.25, 0.3) is 5.91 Å². The lowest BCUT2D eigenvalue weighted by Gasteiger charge is -2.07. The second-order valence-corrected chi connectivity index (χ2v) is 6.33. The number of carbonyl (C=O) groups excluding carboxylic acids is 3. The number of nitrogens with two attached hydrogens (primary N) is 1. The third kappa shape index (κ3) is 5.43. The topological polar surface area (TPSA) is 136 Å². The van der Waals surface area contributed by atoms with Crippen LogP contribution < -0.4 is 16.6 Å². The molecule has 2 aromatic heterocycles. The van der Waals surface area contributed by atoms with Crippen LogP contribution >= 0.6 is 23.1 Å². The molecule has 0 aliphatic rings. The van der Waals surface area contributed by atoms with Crippen molar-refractivity contribution in [3.63, 3.8) is 0 Å². The first-order chi connectivity index (χ1) is 12.0. The maximum atomic E-state index is 11.7. The van der Waals surface area contributed by atoms with E-state index in [1.165, 1.54) is 17.5 Å². The Morgan fingerprint density at radius 3 is 2.80 bits per heavy atom. The van der Waals surface area contributed by atoms with Gasteiger partial charge in [-0.2, -0.15) is 0 Å². The summed E-state index contributed by atoms with van der Waals surface area (Å²) in [5.74, 6) is -1.50. The summed E-state index contributed by atoms with van der Waals surface area (Å²) in [6.07, 6.45) is 1.25. The summed E-state index contributed by atoms with van der Waals surface area (Å²) in [7, 11) is 0. The Kier molecular flexibility index (Phi) is 6.71. The highest BCUT2D eigenvalue weighted by molar-refractivity contribution is 7.99. The molecule has 2 aromatic rings. The van der Waals surface area contributed by atoms with Crippen molar-refractivity contribution in [1.29, 1.82) is 0 Å². The van der Waals surface area contributed by atoms with Gasteiger partial charge in [-0.15, -0.1) is 11.3 Å². The second-order valence-electron chi connectivity index (χ2n) is 4.44. The van der Waals surface area contributed by atoms with E-state index >= 15 is 0 Å². The summed E-state index contributed by atoms with van der Waals surface area (Å²) in [6, 6.07) is 3.38. The highest BCUT2D eigenvalue weighted by Crippen LogP contribution is 2.16. The molecule has 0 unspecified atom stereocenters. The summed E-state index contributed by atoms with van der Waals surface area (Å²) >= 11 is 2.27. The van der Waals surface area contributed by atoms with Crippen molar-refractivity contribution in [1.82, 2.24) is 20.8 Å². The SMILES string of the molecule is CCOC(=O)c1cnc(SCC(=O)NNC(=O)c2cccs2)nc1N. The third-order valence-electron chi connectivity index (χ3n) is 2.68. The maximum Gasteiger partial charge on any atom is 0.343 e. The first kappa shape index (κ1) is 18.7. The first-order valence-electron chi connectivity index (χ1n) is 7.06. The number of thiophene rings is 1. The summed E-state index contributed by atoms with van der Waals surface area (Å²) < 4.78 is 4.82. The van der Waals surface area contributed by atoms with E-state index in [4.69, 9.17) is 10.5 Å². The molecular weight excluding hydrogens is 366 g/mol. The van der Waals surface area contributed by atoms with Gasteiger partial charge in [-0.3, -0.25) is 20.4 Å². The maximum absolute atomic E-state index is 11.7. The lowest BCUT2D eigenvalue weighted by atomic mass is 10.3. The summed E-state index contributed by atoms with van der Waals surface area (Å²) in [5, 5.41) is 1.99. The minimum atomic E-state index is -0.606. The molecule has 2 heterocycles. The monoisotopic (exact) mass is 381 g/mol. The molecule has 0 radical (unpaired) electrons. The minimum Gasteiger partial charge on any atom is -0.462 e. The highest BCUT2D eigenvalue weighted by Gasteiger charge is 2.14. The number of carbonyl (C=O) groups is 3. The Morgan fingerprint density at radius 2 is 2.16 bits per heavy atom. The second kappa shape index (κ2) is 8.99. The fraction of sp³-hybridized carbons (Fsp3) is 0.214. The number of hydrogen-bond acceptors (Lipinski definition) is 9. The molecule has 0 saturated heterocycles. The molecule has 2 rings (SSSR count). The van der Waals surface area contributed by atoms with Crippen LogP contribution in [0.3, 0.4) is 0 Å². The van der Waals surface area contributed by atoms with E-state index in [-0.39, 0.29) is 28.9 Å². The van der Waals surface area contributed by atoms with Crippen LogP contribution in [0.15, 0.2) is 28.9 Å². The Hall–Kier alpha value is -2.66. The van der Waals surface area contributed by atoms with Gasteiger partial charge in [-0.05, 0) is 18.4 Å². The molecule has 132 valence electrons. The normalized spacial score (nSPS) is 10.1. The number of nitrogen functional groups attached to an aromatic ring is 1. The van der Waals surface area contributed by atoms with Crippen LogP contribution in [-0.2, 0) is 9.53 Å². The third-order valence-corrected chi connectivity index (χ3v) is 4.41. The average molecular weight is 381 g/mol. The van der Waals surface area contributed by atoms with Crippen molar-refractivity contribution in [2.45, 2.75) is 12.1 Å². The number of rotatable bonds is 6. The summed E-state index contributed by atoms with van der Waals surface area (Å²) in [4.78, 5) is 43.4. The lowest BCUT2D eigenvalue weighted by Crippen LogP contribution is -2.42. The fourth-order valence-corrected chi connectivity index (χ4v) is 2.82. The standard InChI is InChI=1S/C14H15N5O4S2/c1-2-23-13(22)8-6-16-14(17-11(8)15)25-7-10(20)18-19-12(21)9-4-3-5-24-9/h3-6H,2,7H2,1H3,(H,18,20)(H,19,21)(H2,15,16,17). The van der Waals surface area contributed by atoms with E-state index in [2.05, 4.69) is 20.8 Å². The van der Waals surface area contributed by atoms with Crippen LogP contribution in [0, 0.1) is 0 Å². The van der Waals surface area contributed by atoms with E-state index in [1.807, 2.05) is 0 Å². The molecule has 0 aliphatic carbocycles. The van der Waals surface area contributed by atoms with Gasteiger partial charge < -0.3 is 10.5 Å². The molecule has 9 nitrogen and oxygen atoms in total. The zero-order valence-electron chi connectivity index (χ0n) is 13.1. The quantitative estimate of drug-likeness (QED) is 0.290. The van der Waals surface area contributed by atoms with Crippen molar-refractivity contribution >= 4 is 46.7 Å². The number of hydrogen-bond donors (Lipinski definition) is 3. The van der Waals surface area contributed by atoms with Crippen molar-refractivity contribution < 1.29 is 19.1 Å². The smallest absolute Gasteiger partial charge is 0.343 e. The zero-order chi connectivity index (χ0) is 18.2. The van der Waals surface area contributed by atoms with Crippen LogP contribution in [0.1, 0.15) is 27.0 Å². The van der Waals surface area contributed by atoms with Gasteiger partial charge in [-0.1, -0.05) is 17.8 Å². The molecule has 0 bridgehead atoms. The van der Waals surface area contributed by atoms with Crippen molar-refractivity contribution in [2.24, 2.45) is 0 Å². The van der Waals surface area contributed by atoms with E-state index in [0.29, 0.717) is 4.88 Å². The van der Waals surface area contributed by atoms with Crippen LogP contribution in [0.2, 0.25) is 0 Å². The molecule has 11 heteroatoms. The van der Waals surface area contributed by atoms with Gasteiger partial charge >= 0.3 is 5.97 Å². The average Bonchev–Trinajstić information content (AvgIpc) is 3.12. The number of nitrogens with one attached hydrogen (secondary N) is 2. The highest BCUT2D eigenvalue weighted by atomic mass is 32.2. The fourth-order valence-electron chi connectivity index (χ4n) is 1.58. The number of ether oxygens (including phenoxy) is 1. The molecule has 25 heavy (non-hydrogen) atoms. The predicted octanol–water partition coefficient (Wildman–Crippen LogP) is 0.850. The summed E-state index contributed by atoms with van der Waals surface area (Å²) in [6.45, 7) is 1.89. The summed E-state index contributed by atoms with van der Waals surface area (Å²) in [5.41, 5.74) is 10.3. The molecule has 0 spiro atoms. The number of nitrogens with zero attached hydrogens (tertiary/aromatic N) is 2. The molecule has 0 saturated carbocycles. The van der Waals surface area contributed by atoms with Crippen LogP contribution in [-0.4, -0.2) is 40.1 Å². The first-order valence-corrected chi connectivity index (χ1v) is 8.93. The number of amides is 2. The van der Waals surface area contributed by atoms with Gasteiger partial charge in [0.1, 0.15) is 11.4 Å². The van der Waals surface area contributed by atoms with Crippen LogP contribution in [0.5, 0.6) is 0 Å². The minimum absolute atomic E-state index is 0.0256. The van der Waals surface area contributed by atoms with Gasteiger partial charge in [0, 0.05) is 6.20 Å². The Bertz CT molecular complexity index is 767. The van der Waals surface area contributed by atoms with Gasteiger partial charge in [0.2, 0.25) is 5.91 Å². The predicted molar refractivity (Wildman–Crippen MR) is 93.1 cm³/mol.